The van der Waals surface area contributed by atoms with Crippen LogP contribution in [0.4, 0.5) is 0 Å². The number of aromatic nitrogens is 4. The van der Waals surface area contributed by atoms with Gasteiger partial charge in [0.25, 0.3) is 0 Å². The van der Waals surface area contributed by atoms with Crippen molar-refractivity contribution in [2.75, 3.05) is 7.11 Å². The Balaban J connectivity index is 2.30. The van der Waals surface area contributed by atoms with Crippen molar-refractivity contribution in [1.29, 1.82) is 0 Å². The molecule has 0 radical (unpaired) electrons. The molecule has 0 saturated carbocycles. The average Bonchev–Trinajstić information content (AvgIpc) is 2.98. The predicted molar refractivity (Wildman–Crippen MR) is 66.2 cm³/mol. The number of ether oxygens (including phenoxy) is 1. The van der Waals surface area contributed by atoms with Crippen LogP contribution < -0.4 is 4.74 Å². The van der Waals surface area contributed by atoms with Crippen molar-refractivity contribution in [2.24, 2.45) is 7.05 Å². The van der Waals surface area contributed by atoms with E-state index in [1.165, 1.54) is 0 Å². The zero-order valence-corrected chi connectivity index (χ0v) is 10.2. The monoisotopic (exact) mass is 246 g/mol. The summed E-state index contributed by atoms with van der Waals surface area (Å²) in [5, 5.41) is 6.14. The Labute approximate surface area is 102 Å². The maximum atomic E-state index is 5.29. The van der Waals surface area contributed by atoms with Gasteiger partial charge in [-0.3, -0.25) is 0 Å². The molecule has 0 fully saturated rings. The molecule has 17 heavy (non-hydrogen) atoms. The van der Waals surface area contributed by atoms with Crippen LogP contribution in [0.25, 0.3) is 21.7 Å². The molecule has 0 saturated heterocycles. The topological polar surface area (TPSA) is 52.8 Å². The highest BCUT2D eigenvalue weighted by molar-refractivity contribution is 7.13. The zero-order chi connectivity index (χ0) is 11.8. The van der Waals surface area contributed by atoms with Gasteiger partial charge in [-0.2, -0.15) is 10.1 Å². The summed E-state index contributed by atoms with van der Waals surface area (Å²) in [6.45, 7) is 0. The Bertz CT molecular complexity index is 659. The lowest BCUT2D eigenvalue weighted by Crippen LogP contribution is -1.98. The highest BCUT2D eigenvalue weighted by Gasteiger charge is 2.14. The number of rotatable bonds is 2. The van der Waals surface area contributed by atoms with E-state index in [2.05, 4.69) is 15.1 Å². The van der Waals surface area contributed by atoms with Crippen LogP contribution in [-0.4, -0.2) is 26.9 Å². The molecule has 6 heteroatoms. The Kier molecular flexibility index (Phi) is 2.29. The zero-order valence-electron chi connectivity index (χ0n) is 9.41. The summed E-state index contributed by atoms with van der Waals surface area (Å²) in [5.74, 6) is 0.531. The second-order valence-electron chi connectivity index (χ2n) is 3.54. The highest BCUT2D eigenvalue weighted by atomic mass is 32.1. The molecule has 3 aromatic heterocycles. The molecular formula is C11H10N4OS. The normalized spacial score (nSPS) is 10.9. The van der Waals surface area contributed by atoms with Crippen molar-refractivity contribution in [3.8, 4) is 16.5 Å². The molecule has 0 aliphatic carbocycles. The minimum absolute atomic E-state index is 0.531. The van der Waals surface area contributed by atoms with Crippen LogP contribution in [0.2, 0.25) is 0 Å². The Hall–Kier alpha value is -1.95. The second-order valence-corrected chi connectivity index (χ2v) is 4.48. The fourth-order valence-electron chi connectivity index (χ4n) is 1.66. The van der Waals surface area contributed by atoms with Gasteiger partial charge in [0.2, 0.25) is 5.88 Å². The molecule has 0 amide bonds. The smallest absolute Gasteiger partial charge is 0.243 e. The number of thiophene rings is 1. The summed E-state index contributed by atoms with van der Waals surface area (Å²) in [6.07, 6.45) is 1.71. The average molecular weight is 246 g/mol. The van der Waals surface area contributed by atoms with Gasteiger partial charge in [0.05, 0.1) is 18.2 Å². The third-order valence-electron chi connectivity index (χ3n) is 2.48. The predicted octanol–water partition coefficient (Wildman–Crippen LogP) is 2.10. The van der Waals surface area contributed by atoms with Crippen LogP contribution in [0, 0.1) is 0 Å². The first-order valence-electron chi connectivity index (χ1n) is 5.07. The van der Waals surface area contributed by atoms with Gasteiger partial charge in [0.1, 0.15) is 11.2 Å². The molecule has 5 nitrogen and oxygen atoms in total. The van der Waals surface area contributed by atoms with E-state index in [1.54, 1.807) is 29.3 Å². The Morgan fingerprint density at radius 2 is 2.24 bits per heavy atom. The lowest BCUT2D eigenvalue weighted by Gasteiger charge is -2.05. The lowest BCUT2D eigenvalue weighted by molar-refractivity contribution is 0.399. The summed E-state index contributed by atoms with van der Waals surface area (Å²) in [6, 6.07) is 3.98. The van der Waals surface area contributed by atoms with Gasteiger partial charge in [-0.25, -0.2) is 9.67 Å². The number of hydrogen-bond acceptors (Lipinski definition) is 5. The van der Waals surface area contributed by atoms with Crippen molar-refractivity contribution < 1.29 is 4.74 Å². The van der Waals surface area contributed by atoms with E-state index >= 15 is 0 Å². The largest absolute Gasteiger partial charge is 0.479 e. The number of fused-ring (bicyclic) bond motifs is 1. The van der Waals surface area contributed by atoms with E-state index in [9.17, 15) is 0 Å². The SMILES string of the molecule is COc1nc2c(cnn2C)nc1-c1cccs1. The number of methoxy groups -OCH3 is 1. The van der Waals surface area contributed by atoms with Crippen molar-refractivity contribution in [1.82, 2.24) is 19.7 Å². The lowest BCUT2D eigenvalue weighted by atomic mass is 10.3. The fraction of sp³-hybridized carbons (Fsp3) is 0.182. The summed E-state index contributed by atoms with van der Waals surface area (Å²) < 4.78 is 6.98. The van der Waals surface area contributed by atoms with E-state index in [0.717, 1.165) is 21.7 Å². The van der Waals surface area contributed by atoms with Gasteiger partial charge in [0, 0.05) is 7.05 Å². The third kappa shape index (κ3) is 1.57. The second kappa shape index (κ2) is 3.81. The standard InChI is InChI=1S/C11H10N4OS/c1-15-10-7(6-12-15)13-9(11(14-10)16-2)8-4-3-5-17-8/h3-6H,1-2H3. The quantitative estimate of drug-likeness (QED) is 0.695. The first-order valence-corrected chi connectivity index (χ1v) is 5.95. The molecule has 0 aromatic carbocycles. The van der Waals surface area contributed by atoms with Crippen molar-refractivity contribution in [2.45, 2.75) is 0 Å². The maximum Gasteiger partial charge on any atom is 0.243 e. The van der Waals surface area contributed by atoms with Gasteiger partial charge in [-0.1, -0.05) is 6.07 Å². The molecule has 0 aliphatic rings. The van der Waals surface area contributed by atoms with Crippen molar-refractivity contribution >= 4 is 22.5 Å². The van der Waals surface area contributed by atoms with Gasteiger partial charge >= 0.3 is 0 Å². The maximum absolute atomic E-state index is 5.29. The van der Waals surface area contributed by atoms with Crippen LogP contribution >= 0.6 is 11.3 Å². The summed E-state index contributed by atoms with van der Waals surface area (Å²) in [7, 11) is 3.44. The molecule has 3 rings (SSSR count). The van der Waals surface area contributed by atoms with E-state index in [-0.39, 0.29) is 0 Å². The Morgan fingerprint density at radius 3 is 2.94 bits per heavy atom. The molecule has 0 spiro atoms. The fourth-order valence-corrected chi connectivity index (χ4v) is 2.37. The number of nitrogens with zero attached hydrogens (tertiary/aromatic N) is 4. The third-order valence-corrected chi connectivity index (χ3v) is 3.36. The van der Waals surface area contributed by atoms with E-state index in [4.69, 9.17) is 4.74 Å². The van der Waals surface area contributed by atoms with Crippen LogP contribution in [0.5, 0.6) is 5.88 Å². The van der Waals surface area contributed by atoms with Crippen LogP contribution in [-0.2, 0) is 7.05 Å². The van der Waals surface area contributed by atoms with E-state index in [0.29, 0.717) is 5.88 Å². The molecule has 3 heterocycles. The van der Waals surface area contributed by atoms with Crippen LogP contribution in [0.3, 0.4) is 0 Å². The summed E-state index contributed by atoms with van der Waals surface area (Å²) >= 11 is 1.61. The number of aryl methyl sites for hydroxylation is 1. The Morgan fingerprint density at radius 1 is 1.35 bits per heavy atom. The van der Waals surface area contributed by atoms with Gasteiger partial charge < -0.3 is 4.74 Å². The highest BCUT2D eigenvalue weighted by Crippen LogP contribution is 2.31. The molecule has 0 aliphatic heterocycles. The molecule has 0 bridgehead atoms. The first kappa shape index (κ1) is 10.2. The van der Waals surface area contributed by atoms with Gasteiger partial charge in [-0.15, -0.1) is 11.3 Å². The molecular weight excluding hydrogens is 236 g/mol. The van der Waals surface area contributed by atoms with Gasteiger partial charge in [-0.05, 0) is 11.4 Å². The molecule has 0 unspecified atom stereocenters. The minimum Gasteiger partial charge on any atom is -0.479 e. The van der Waals surface area contributed by atoms with Crippen molar-refractivity contribution in [3.63, 3.8) is 0 Å². The van der Waals surface area contributed by atoms with Crippen LogP contribution in [0.1, 0.15) is 0 Å². The van der Waals surface area contributed by atoms with E-state index in [1.807, 2.05) is 24.6 Å². The van der Waals surface area contributed by atoms with Crippen molar-refractivity contribution in [3.05, 3.63) is 23.7 Å². The molecule has 0 N–H and O–H groups in total. The first-order chi connectivity index (χ1) is 8.29. The molecule has 3 aromatic rings. The van der Waals surface area contributed by atoms with E-state index < -0.39 is 0 Å². The molecule has 0 atom stereocenters. The minimum atomic E-state index is 0.531. The number of hydrogen-bond donors (Lipinski definition) is 0. The van der Waals surface area contributed by atoms with Gasteiger partial charge in [0.15, 0.2) is 5.65 Å². The van der Waals surface area contributed by atoms with Crippen LogP contribution in [0.15, 0.2) is 23.7 Å². The molecule has 86 valence electrons. The summed E-state index contributed by atoms with van der Waals surface area (Å²) in [5.41, 5.74) is 2.27. The summed E-state index contributed by atoms with van der Waals surface area (Å²) in [4.78, 5) is 10.0.